The minimum atomic E-state index is -0.890. The van der Waals surface area contributed by atoms with Gasteiger partial charge in [-0.15, -0.1) is 0 Å². The van der Waals surface area contributed by atoms with Crippen LogP contribution < -0.4 is 5.32 Å². The zero-order valence-electron chi connectivity index (χ0n) is 21.2. The second kappa shape index (κ2) is 9.44. The van der Waals surface area contributed by atoms with Crippen molar-refractivity contribution in [2.24, 2.45) is 17.3 Å². The van der Waals surface area contributed by atoms with E-state index in [1.165, 1.54) is 5.57 Å². The van der Waals surface area contributed by atoms with Gasteiger partial charge in [0.25, 0.3) is 0 Å². The minimum absolute atomic E-state index is 0.0609. The van der Waals surface area contributed by atoms with Crippen molar-refractivity contribution in [3.8, 4) is 0 Å². The standard InChI is InChI=1S/C29H38N2O3/c1-20(2)18-23-25(28(23,4)5)26(32)31(19-22-13-11-17-34-22)29(15-9-6-10-16-29)27(33)30-24-14-8-7-12-21(24)3/h7-8,11-14,17-18,23,25H,6,9-10,15-16,19H2,1-5H3,(H,30,33). The zero-order chi connectivity index (χ0) is 24.5. The highest BCUT2D eigenvalue weighted by molar-refractivity contribution is 6.01. The number of nitrogens with one attached hydrogen (secondary N) is 1. The molecule has 34 heavy (non-hydrogen) atoms. The summed E-state index contributed by atoms with van der Waals surface area (Å²) in [6.07, 6.45) is 8.11. The van der Waals surface area contributed by atoms with E-state index in [2.05, 4.69) is 39.1 Å². The molecule has 5 heteroatoms. The lowest BCUT2D eigenvalue weighted by Gasteiger charge is -2.45. The highest BCUT2D eigenvalue weighted by Gasteiger charge is 2.63. The van der Waals surface area contributed by atoms with Crippen LogP contribution in [0.5, 0.6) is 0 Å². The topological polar surface area (TPSA) is 62.6 Å². The average molecular weight is 463 g/mol. The Morgan fingerprint density at radius 3 is 2.41 bits per heavy atom. The van der Waals surface area contributed by atoms with Crippen LogP contribution in [0.1, 0.15) is 71.1 Å². The quantitative estimate of drug-likeness (QED) is 0.478. The van der Waals surface area contributed by atoms with Gasteiger partial charge in [0.2, 0.25) is 11.8 Å². The summed E-state index contributed by atoms with van der Waals surface area (Å²) < 4.78 is 5.67. The molecule has 182 valence electrons. The Morgan fingerprint density at radius 1 is 1.09 bits per heavy atom. The molecule has 4 rings (SSSR count). The van der Waals surface area contributed by atoms with Crippen LogP contribution in [0, 0.1) is 24.2 Å². The van der Waals surface area contributed by atoms with Gasteiger partial charge in [0, 0.05) is 5.69 Å². The Hall–Kier alpha value is -2.82. The summed E-state index contributed by atoms with van der Waals surface area (Å²) in [7, 11) is 0. The molecule has 2 aromatic rings. The monoisotopic (exact) mass is 462 g/mol. The van der Waals surface area contributed by atoms with Gasteiger partial charge in [-0.25, -0.2) is 0 Å². The van der Waals surface area contributed by atoms with Gasteiger partial charge in [0.15, 0.2) is 0 Å². The number of anilines is 1. The van der Waals surface area contributed by atoms with Gasteiger partial charge < -0.3 is 14.6 Å². The predicted octanol–water partition coefficient (Wildman–Crippen LogP) is 6.50. The fourth-order valence-electron chi connectivity index (χ4n) is 5.69. The van der Waals surface area contributed by atoms with E-state index in [1.807, 2.05) is 48.2 Å². The van der Waals surface area contributed by atoms with E-state index < -0.39 is 5.54 Å². The third-order valence-electron chi connectivity index (χ3n) is 7.86. The number of aryl methyl sites for hydroxylation is 1. The first-order chi connectivity index (χ1) is 16.2. The lowest BCUT2D eigenvalue weighted by Crippen LogP contribution is -2.60. The fraction of sp³-hybridized carbons (Fsp3) is 0.517. The molecule has 2 amide bonds. The molecule has 0 radical (unpaired) electrons. The van der Waals surface area contributed by atoms with Crippen LogP contribution in [0.15, 0.2) is 58.7 Å². The van der Waals surface area contributed by atoms with Gasteiger partial charge in [-0.1, -0.05) is 63.0 Å². The van der Waals surface area contributed by atoms with Crippen molar-refractivity contribution in [2.45, 2.75) is 78.8 Å². The van der Waals surface area contributed by atoms with Crippen LogP contribution in [0.4, 0.5) is 5.69 Å². The summed E-state index contributed by atoms with van der Waals surface area (Å²) in [5.41, 5.74) is 2.02. The lowest BCUT2D eigenvalue weighted by atomic mass is 9.78. The molecule has 2 aliphatic carbocycles. The van der Waals surface area contributed by atoms with Crippen molar-refractivity contribution < 1.29 is 14.0 Å². The smallest absolute Gasteiger partial charge is 0.250 e. The third-order valence-corrected chi connectivity index (χ3v) is 7.86. The van der Waals surface area contributed by atoms with Crippen molar-refractivity contribution in [3.05, 3.63) is 65.6 Å². The van der Waals surface area contributed by atoms with Crippen LogP contribution in [0.2, 0.25) is 0 Å². The Morgan fingerprint density at radius 2 is 1.79 bits per heavy atom. The van der Waals surface area contributed by atoms with Crippen LogP contribution in [0.3, 0.4) is 0 Å². The van der Waals surface area contributed by atoms with Crippen LogP contribution in [0.25, 0.3) is 0 Å². The number of hydrogen-bond acceptors (Lipinski definition) is 3. The fourth-order valence-corrected chi connectivity index (χ4v) is 5.69. The number of carbonyl (C=O) groups excluding carboxylic acids is 2. The molecular formula is C29H38N2O3. The van der Waals surface area contributed by atoms with Crippen molar-refractivity contribution in [1.82, 2.24) is 4.90 Å². The molecule has 2 fully saturated rings. The Labute approximate surface area is 203 Å². The molecule has 2 saturated carbocycles. The maximum Gasteiger partial charge on any atom is 0.250 e. The van der Waals surface area contributed by atoms with Crippen LogP contribution in [-0.4, -0.2) is 22.3 Å². The van der Waals surface area contributed by atoms with E-state index in [0.29, 0.717) is 25.1 Å². The molecule has 2 aliphatic rings. The van der Waals surface area contributed by atoms with Crippen LogP contribution in [-0.2, 0) is 16.1 Å². The summed E-state index contributed by atoms with van der Waals surface area (Å²) in [5.74, 6) is 0.732. The molecule has 2 unspecified atom stereocenters. The van der Waals surface area contributed by atoms with E-state index in [4.69, 9.17) is 4.42 Å². The van der Waals surface area contributed by atoms with Gasteiger partial charge in [-0.05, 0) is 68.7 Å². The third kappa shape index (κ3) is 4.57. The lowest BCUT2D eigenvalue weighted by molar-refractivity contribution is -0.151. The zero-order valence-corrected chi connectivity index (χ0v) is 21.2. The molecule has 1 N–H and O–H groups in total. The van der Waals surface area contributed by atoms with E-state index in [1.54, 1.807) is 6.26 Å². The number of para-hydroxylation sites is 1. The molecule has 1 heterocycles. The SMILES string of the molecule is CC(C)=CC1C(C(=O)N(Cc2ccco2)C2(C(=O)Nc3ccccc3C)CCCCC2)C1(C)C. The molecule has 1 aromatic heterocycles. The molecular weight excluding hydrogens is 424 g/mol. The first-order valence-electron chi connectivity index (χ1n) is 12.5. The van der Waals surface area contributed by atoms with Crippen LogP contribution >= 0.6 is 0 Å². The van der Waals surface area contributed by atoms with Gasteiger partial charge >= 0.3 is 0 Å². The minimum Gasteiger partial charge on any atom is -0.467 e. The molecule has 0 aliphatic heterocycles. The number of nitrogens with zero attached hydrogens (tertiary/aromatic N) is 1. The van der Waals surface area contributed by atoms with E-state index >= 15 is 0 Å². The van der Waals surface area contributed by atoms with Crippen molar-refractivity contribution in [1.29, 1.82) is 0 Å². The second-order valence-corrected chi connectivity index (χ2v) is 10.9. The summed E-state index contributed by atoms with van der Waals surface area (Å²) >= 11 is 0. The van der Waals surface area contributed by atoms with E-state index in [0.717, 1.165) is 30.5 Å². The average Bonchev–Trinajstić information content (AvgIpc) is 3.13. The van der Waals surface area contributed by atoms with E-state index in [9.17, 15) is 9.59 Å². The largest absolute Gasteiger partial charge is 0.467 e. The molecule has 1 aromatic carbocycles. The highest BCUT2D eigenvalue weighted by atomic mass is 16.3. The summed E-state index contributed by atoms with van der Waals surface area (Å²) in [6.45, 7) is 10.8. The number of rotatable bonds is 7. The number of amides is 2. The molecule has 0 saturated heterocycles. The highest BCUT2D eigenvalue weighted by Crippen LogP contribution is 2.60. The Kier molecular flexibility index (Phi) is 6.75. The first kappa shape index (κ1) is 24.3. The van der Waals surface area contributed by atoms with Gasteiger partial charge in [-0.2, -0.15) is 0 Å². The van der Waals surface area contributed by atoms with Gasteiger partial charge in [-0.3, -0.25) is 9.59 Å². The second-order valence-electron chi connectivity index (χ2n) is 10.9. The number of carbonyl (C=O) groups is 2. The summed E-state index contributed by atoms with van der Waals surface area (Å²) in [6, 6.07) is 11.5. The number of furan rings is 1. The molecule has 0 spiro atoms. The van der Waals surface area contributed by atoms with Crippen molar-refractivity contribution in [3.63, 3.8) is 0 Å². The summed E-state index contributed by atoms with van der Waals surface area (Å²) in [4.78, 5) is 30.1. The van der Waals surface area contributed by atoms with Gasteiger partial charge in [0.1, 0.15) is 11.3 Å². The number of benzene rings is 1. The van der Waals surface area contributed by atoms with E-state index in [-0.39, 0.29) is 29.1 Å². The van der Waals surface area contributed by atoms with Crippen molar-refractivity contribution in [2.75, 3.05) is 5.32 Å². The Bertz CT molecular complexity index is 1060. The van der Waals surface area contributed by atoms with Gasteiger partial charge in [0.05, 0.1) is 18.7 Å². The maximum absolute atomic E-state index is 14.2. The number of hydrogen-bond donors (Lipinski definition) is 1. The first-order valence-corrected chi connectivity index (χ1v) is 12.5. The predicted molar refractivity (Wildman–Crippen MR) is 135 cm³/mol. The normalized spacial score (nSPS) is 22.5. The Balaban J connectivity index is 1.72. The molecule has 2 atom stereocenters. The summed E-state index contributed by atoms with van der Waals surface area (Å²) in [5, 5.41) is 3.18. The number of allylic oxidation sites excluding steroid dienone is 2. The molecule has 0 bridgehead atoms. The molecule has 5 nitrogen and oxygen atoms in total. The maximum atomic E-state index is 14.2. The van der Waals surface area contributed by atoms with Crippen molar-refractivity contribution >= 4 is 17.5 Å².